The third-order valence-corrected chi connectivity index (χ3v) is 13.4. The van der Waals surface area contributed by atoms with Crippen LogP contribution in [0.2, 0.25) is 0 Å². The summed E-state index contributed by atoms with van der Waals surface area (Å²) in [5.41, 5.74) is 1.18. The standard InChI is InChI=1S/C21H31FN8O.C17H20ClFN6O3.C7H16N2/c1-7-16-23-8-15(22)19(24-16)25-18-14-11-30(21(4,5)17(14)26-27-18)20(31)29-10-12(2)28(6)9-13(29)3;1-5-11-20-7-10(19)14(21-11)22-13-9-8-24(15(18)26)17(3,4)12(9)25(23-13)16(27)28-6-2;1-6-5-9(3)7(2)4-8-6/h8,12-13H,7,9-11H2,1-6H3,(H2,23,24,25,26,27);7H,5-6,8H2,1-4H3,(H,20,21,22,23);6-8H,4-5H2,1-3H3/t12-,13+;;6-,7+/m1.0/s1. The maximum Gasteiger partial charge on any atom is 0.435 e. The van der Waals surface area contributed by atoms with Gasteiger partial charge in [-0.05, 0) is 88.0 Å². The van der Waals surface area contributed by atoms with E-state index in [4.69, 9.17) is 16.3 Å². The van der Waals surface area contributed by atoms with Gasteiger partial charge in [-0.2, -0.15) is 9.78 Å². The lowest BCUT2D eigenvalue weighted by molar-refractivity contribution is 0.0457. The normalized spacial score (nSPS) is 21.8. The largest absolute Gasteiger partial charge is 0.448 e. The van der Waals surface area contributed by atoms with Crippen molar-refractivity contribution in [3.05, 3.63) is 58.2 Å². The number of aromatic nitrogens is 8. The number of hydrogen-bond donors (Lipinski definition) is 4. The maximum absolute atomic E-state index is 14.3. The second-order valence-electron chi connectivity index (χ2n) is 18.8. The molecule has 0 unspecified atom stereocenters. The predicted octanol–water partition coefficient (Wildman–Crippen LogP) is 6.67. The Hall–Kier alpha value is -5.58. The number of anilines is 4. The molecule has 4 aromatic heterocycles. The van der Waals surface area contributed by atoms with Gasteiger partial charge in [-0.3, -0.25) is 14.8 Å². The van der Waals surface area contributed by atoms with Gasteiger partial charge in [0.15, 0.2) is 34.9 Å². The average Bonchev–Trinajstić information content (AvgIpc) is 4.01. The number of hydrogen-bond acceptors (Lipinski definition) is 15. The Morgan fingerprint density at radius 3 is 1.90 bits per heavy atom. The molecule has 8 heterocycles. The quantitative estimate of drug-likeness (QED) is 0.113. The Balaban J connectivity index is 0.000000190. The van der Waals surface area contributed by atoms with Crippen LogP contribution < -0.4 is 16.0 Å². The second kappa shape index (κ2) is 21.0. The fraction of sp³-hybridized carbons (Fsp3) is 0.622. The topological polar surface area (TPSA) is 211 Å². The van der Waals surface area contributed by atoms with Crippen LogP contribution in [0.3, 0.4) is 0 Å². The molecular weight excluding hydrogens is 902 g/mol. The molecule has 0 aromatic carbocycles. The fourth-order valence-corrected chi connectivity index (χ4v) is 9.08. The Bertz CT molecular complexity index is 2470. The molecule has 3 amide bonds. The van der Waals surface area contributed by atoms with Crippen molar-refractivity contribution in [2.24, 2.45) is 0 Å². The molecule has 2 fully saturated rings. The molecule has 0 aliphatic carbocycles. The molecule has 4 atom stereocenters. The number of halogens is 3. The van der Waals surface area contributed by atoms with Crippen LogP contribution in [0.1, 0.15) is 110 Å². The van der Waals surface area contributed by atoms with Crippen molar-refractivity contribution in [3.8, 4) is 0 Å². The van der Waals surface area contributed by atoms with Gasteiger partial charge >= 0.3 is 17.5 Å². The van der Waals surface area contributed by atoms with E-state index in [-0.39, 0.29) is 42.7 Å². The van der Waals surface area contributed by atoms with Gasteiger partial charge in [0.1, 0.15) is 11.6 Å². The number of urea groups is 1. The highest BCUT2D eigenvalue weighted by Crippen LogP contribution is 2.44. The highest BCUT2D eigenvalue weighted by Gasteiger charge is 2.48. The van der Waals surface area contributed by atoms with E-state index in [1.807, 2.05) is 37.5 Å². The lowest BCUT2D eigenvalue weighted by Crippen LogP contribution is -2.60. The Morgan fingerprint density at radius 1 is 0.779 bits per heavy atom. The number of H-pyrrole nitrogens is 1. The van der Waals surface area contributed by atoms with E-state index < -0.39 is 34.2 Å². The van der Waals surface area contributed by atoms with Crippen LogP contribution in [0.4, 0.5) is 46.4 Å². The van der Waals surface area contributed by atoms with Gasteiger partial charge in [-0.15, -0.1) is 5.10 Å². The minimum absolute atomic E-state index is 0.00878. The monoisotopic (exact) mass is 969 g/mol. The number of aromatic amines is 1. The van der Waals surface area contributed by atoms with E-state index in [0.717, 1.165) is 41.4 Å². The second-order valence-corrected chi connectivity index (χ2v) is 19.2. The number of carbonyl (C=O) groups excluding carboxylic acids is 3. The zero-order valence-corrected chi connectivity index (χ0v) is 42.2. The smallest absolute Gasteiger partial charge is 0.435 e. The SMILES string of the molecule is CCOC(=O)n1nc(Nc2nc(CC)ncc2F)c2c1C(C)(C)N(C(=O)Cl)C2.CCc1ncc(F)c(Nc2n[nH]c3c2CN(C(=O)N2C[C@@H](C)N(C)C[C@@H]2C)C3(C)C)n1.C[C@@H]1CN[C@@H](C)CN1C. The number of piperazine rings is 2. The molecule has 2 saturated heterocycles. The number of nitrogens with one attached hydrogen (secondary N) is 4. The maximum atomic E-state index is 14.3. The Kier molecular flexibility index (Phi) is 16.0. The molecule has 0 radical (unpaired) electrons. The zero-order chi connectivity index (χ0) is 50.0. The molecule has 0 spiro atoms. The predicted molar refractivity (Wildman–Crippen MR) is 254 cm³/mol. The van der Waals surface area contributed by atoms with Crippen LogP contribution in [0.15, 0.2) is 12.4 Å². The van der Waals surface area contributed by atoms with Crippen molar-refractivity contribution < 1.29 is 27.9 Å². The van der Waals surface area contributed by atoms with Crippen LogP contribution in [-0.4, -0.2) is 153 Å². The van der Waals surface area contributed by atoms with Gasteiger partial charge in [0.25, 0.3) is 0 Å². The van der Waals surface area contributed by atoms with E-state index in [9.17, 15) is 23.2 Å². The fourth-order valence-electron chi connectivity index (χ4n) is 8.81. The molecule has 4 aromatic rings. The Morgan fingerprint density at radius 2 is 1.35 bits per heavy atom. The van der Waals surface area contributed by atoms with Crippen molar-refractivity contribution in [2.45, 2.75) is 137 Å². The van der Waals surface area contributed by atoms with Crippen molar-refractivity contribution in [3.63, 3.8) is 0 Å². The van der Waals surface area contributed by atoms with E-state index in [2.05, 4.69) is 103 Å². The van der Waals surface area contributed by atoms with Gasteiger partial charge < -0.3 is 40.3 Å². The third kappa shape index (κ3) is 10.7. The number of aryl methyl sites for hydroxylation is 2. The summed E-state index contributed by atoms with van der Waals surface area (Å²) in [6.07, 6.45) is 2.64. The van der Waals surface area contributed by atoms with E-state index in [1.54, 1.807) is 20.8 Å². The van der Waals surface area contributed by atoms with Gasteiger partial charge in [0.2, 0.25) is 0 Å². The Labute approximate surface area is 401 Å². The van der Waals surface area contributed by atoms with E-state index >= 15 is 0 Å². The van der Waals surface area contributed by atoms with Crippen LogP contribution in [0.25, 0.3) is 0 Å². The highest BCUT2D eigenvalue weighted by atomic mass is 35.5. The van der Waals surface area contributed by atoms with Crippen LogP contribution in [0.5, 0.6) is 0 Å². The first kappa shape index (κ1) is 51.8. The molecule has 20 nitrogen and oxygen atoms in total. The zero-order valence-electron chi connectivity index (χ0n) is 41.5. The first-order valence-electron chi connectivity index (χ1n) is 23.2. The molecule has 4 aliphatic heterocycles. The van der Waals surface area contributed by atoms with Crippen molar-refractivity contribution in [1.29, 1.82) is 0 Å². The lowest BCUT2D eigenvalue weighted by Gasteiger charge is -2.45. The summed E-state index contributed by atoms with van der Waals surface area (Å²) in [4.78, 5) is 63.9. The molecule has 68 heavy (non-hydrogen) atoms. The average molecular weight is 970 g/mol. The number of ether oxygens (including phenoxy) is 1. The molecule has 372 valence electrons. The first-order valence-corrected chi connectivity index (χ1v) is 23.5. The number of likely N-dealkylation sites (N-methyl/N-ethyl adjacent to an activating group) is 2. The van der Waals surface area contributed by atoms with Gasteiger partial charge in [0.05, 0.1) is 54.6 Å². The summed E-state index contributed by atoms with van der Waals surface area (Å²) in [5.74, 6) is 0.476. The molecule has 4 N–H and O–H groups in total. The summed E-state index contributed by atoms with van der Waals surface area (Å²) < 4.78 is 34.6. The lowest BCUT2D eigenvalue weighted by atomic mass is 10.0. The van der Waals surface area contributed by atoms with Crippen molar-refractivity contribution >= 4 is 52.4 Å². The molecule has 0 saturated carbocycles. The van der Waals surface area contributed by atoms with E-state index in [0.29, 0.717) is 72.8 Å². The number of amides is 3. The number of carbonyl (C=O) groups is 3. The molecule has 8 rings (SSSR count). The first-order chi connectivity index (χ1) is 32.0. The summed E-state index contributed by atoms with van der Waals surface area (Å²) in [5, 5.41) is 20.2. The van der Waals surface area contributed by atoms with E-state index in [1.165, 1.54) is 11.4 Å². The number of nitrogens with zero attached hydrogens (tertiary/aromatic N) is 12. The highest BCUT2D eigenvalue weighted by molar-refractivity contribution is 6.62. The van der Waals surface area contributed by atoms with Crippen LogP contribution in [-0.2, 0) is 41.7 Å². The minimum atomic E-state index is -0.924. The minimum Gasteiger partial charge on any atom is -0.448 e. The molecular formula is C45H67ClF2N16O4. The van der Waals surface area contributed by atoms with Crippen molar-refractivity contribution in [1.82, 2.24) is 69.7 Å². The number of fused-ring (bicyclic) bond motifs is 2. The van der Waals surface area contributed by atoms with Crippen molar-refractivity contribution in [2.75, 3.05) is 57.5 Å². The third-order valence-electron chi connectivity index (χ3n) is 13.2. The van der Waals surface area contributed by atoms with Crippen LogP contribution >= 0.6 is 11.6 Å². The van der Waals surface area contributed by atoms with Gasteiger partial charge in [-0.1, -0.05) is 13.8 Å². The number of rotatable bonds is 7. The summed E-state index contributed by atoms with van der Waals surface area (Å²) in [6, 6.07) is 1.82. The van der Waals surface area contributed by atoms with Crippen LogP contribution in [0, 0.1) is 11.6 Å². The van der Waals surface area contributed by atoms with Gasteiger partial charge in [0, 0.05) is 74.3 Å². The molecule has 0 bridgehead atoms. The molecule has 23 heteroatoms. The summed E-state index contributed by atoms with van der Waals surface area (Å²) in [6.45, 7) is 26.1. The summed E-state index contributed by atoms with van der Waals surface area (Å²) >= 11 is 5.73. The van der Waals surface area contributed by atoms with Gasteiger partial charge in [-0.25, -0.2) is 38.3 Å². The summed E-state index contributed by atoms with van der Waals surface area (Å²) in [7, 11) is 4.27. The molecule has 4 aliphatic rings.